The Hall–Kier alpha value is -2.62. The van der Waals surface area contributed by atoms with E-state index in [0.717, 1.165) is 11.1 Å². The number of aliphatic carboxylic acids is 1. The van der Waals surface area contributed by atoms with Crippen molar-refractivity contribution in [2.75, 3.05) is 6.61 Å². The minimum Gasteiger partial charge on any atom is -0.546 e. The third-order valence-corrected chi connectivity index (χ3v) is 2.59. The molecule has 0 saturated carbocycles. The fourth-order valence-electron chi connectivity index (χ4n) is 1.70. The summed E-state index contributed by atoms with van der Waals surface area (Å²) in [4.78, 5) is 21.3. The molecule has 0 N–H and O–H groups in total. The molecule has 0 saturated heterocycles. The van der Waals surface area contributed by atoms with Crippen molar-refractivity contribution < 1.29 is 19.4 Å². The van der Waals surface area contributed by atoms with E-state index >= 15 is 0 Å². The van der Waals surface area contributed by atoms with Crippen LogP contribution in [0.1, 0.15) is 10.4 Å². The van der Waals surface area contributed by atoms with Crippen LogP contribution in [-0.2, 0) is 4.79 Å². The minimum absolute atomic E-state index is 0.237. The maximum absolute atomic E-state index is 10.9. The van der Waals surface area contributed by atoms with Crippen molar-refractivity contribution >= 4 is 12.3 Å². The van der Waals surface area contributed by atoms with Crippen LogP contribution in [0, 0.1) is 0 Å². The van der Waals surface area contributed by atoms with Crippen molar-refractivity contribution in [1.29, 1.82) is 0 Å². The van der Waals surface area contributed by atoms with E-state index in [1.807, 2.05) is 30.3 Å². The maximum Gasteiger partial charge on any atom is 0.153 e. The third-order valence-electron chi connectivity index (χ3n) is 2.59. The van der Waals surface area contributed by atoms with Gasteiger partial charge in [-0.05, 0) is 23.3 Å². The quantitative estimate of drug-likeness (QED) is 0.755. The Kier molecular flexibility index (Phi) is 3.93. The molecule has 0 aromatic heterocycles. The van der Waals surface area contributed by atoms with E-state index in [4.69, 9.17) is 4.74 Å². The lowest BCUT2D eigenvalue weighted by Crippen LogP contribution is -2.29. The smallest absolute Gasteiger partial charge is 0.153 e. The lowest BCUT2D eigenvalue weighted by molar-refractivity contribution is -0.307. The summed E-state index contributed by atoms with van der Waals surface area (Å²) in [5.74, 6) is -1.09. The number of hydrogen-bond donors (Lipinski definition) is 0. The Bertz CT molecular complexity index is 590. The Morgan fingerprint density at radius 1 is 1.11 bits per heavy atom. The molecule has 4 heteroatoms. The molecule has 0 fully saturated rings. The molecule has 2 rings (SSSR count). The second-order valence-corrected chi connectivity index (χ2v) is 3.90. The molecule has 0 aliphatic rings. The summed E-state index contributed by atoms with van der Waals surface area (Å²) >= 11 is 0. The van der Waals surface area contributed by atoms with E-state index in [0.29, 0.717) is 11.8 Å². The van der Waals surface area contributed by atoms with Crippen LogP contribution in [0.4, 0.5) is 0 Å². The maximum atomic E-state index is 10.9. The molecule has 0 radical (unpaired) electrons. The normalized spacial score (nSPS) is 9.89. The summed E-state index contributed by atoms with van der Waals surface area (Å²) in [7, 11) is 0. The topological polar surface area (TPSA) is 66.4 Å². The van der Waals surface area contributed by atoms with Gasteiger partial charge in [-0.2, -0.15) is 0 Å². The van der Waals surface area contributed by atoms with E-state index < -0.39 is 12.6 Å². The lowest BCUT2D eigenvalue weighted by Gasteiger charge is -2.11. The molecule has 4 nitrogen and oxygen atoms in total. The van der Waals surface area contributed by atoms with Gasteiger partial charge in [0.15, 0.2) is 6.29 Å². The Labute approximate surface area is 110 Å². The molecule has 0 aliphatic carbocycles. The highest BCUT2D eigenvalue weighted by Gasteiger charge is 2.06. The molecule has 0 unspecified atom stereocenters. The molecule has 0 aliphatic heterocycles. The van der Waals surface area contributed by atoms with Gasteiger partial charge in [-0.1, -0.05) is 36.4 Å². The third kappa shape index (κ3) is 3.19. The van der Waals surface area contributed by atoms with Gasteiger partial charge in [0.2, 0.25) is 0 Å². The van der Waals surface area contributed by atoms with E-state index in [1.54, 1.807) is 18.2 Å². The van der Waals surface area contributed by atoms with Crippen LogP contribution < -0.4 is 9.84 Å². The van der Waals surface area contributed by atoms with Gasteiger partial charge in [0.1, 0.15) is 12.4 Å². The number of benzene rings is 2. The van der Waals surface area contributed by atoms with Crippen LogP contribution >= 0.6 is 0 Å². The fraction of sp³-hybridized carbons (Fsp3) is 0.0667. The van der Waals surface area contributed by atoms with Gasteiger partial charge in [0.25, 0.3) is 0 Å². The number of rotatable bonds is 5. The predicted molar refractivity (Wildman–Crippen MR) is 67.8 cm³/mol. The van der Waals surface area contributed by atoms with Crippen LogP contribution in [0.5, 0.6) is 5.75 Å². The zero-order chi connectivity index (χ0) is 13.7. The highest BCUT2D eigenvalue weighted by atomic mass is 16.5. The average Bonchev–Trinajstić information content (AvgIpc) is 2.45. The lowest BCUT2D eigenvalue weighted by atomic mass is 10.0. The van der Waals surface area contributed by atoms with E-state index in [-0.39, 0.29) is 5.75 Å². The van der Waals surface area contributed by atoms with Crippen molar-refractivity contribution in [2.45, 2.75) is 0 Å². The first-order chi connectivity index (χ1) is 9.20. The second kappa shape index (κ2) is 5.82. The fourth-order valence-corrected chi connectivity index (χ4v) is 1.70. The van der Waals surface area contributed by atoms with E-state index in [1.165, 1.54) is 0 Å². The first-order valence-corrected chi connectivity index (χ1v) is 5.68. The number of aldehydes is 1. The monoisotopic (exact) mass is 255 g/mol. The summed E-state index contributed by atoms with van der Waals surface area (Å²) in [6.45, 7) is -0.584. The first kappa shape index (κ1) is 12.8. The SMILES string of the molecule is O=Cc1ccc(-c2ccccc2)cc1OCC(=O)[O-]. The summed E-state index contributed by atoms with van der Waals surface area (Å²) in [6, 6.07) is 14.5. The number of carbonyl (C=O) groups is 2. The van der Waals surface area contributed by atoms with Crippen molar-refractivity contribution in [3.63, 3.8) is 0 Å². The van der Waals surface area contributed by atoms with Crippen LogP contribution in [0.15, 0.2) is 48.5 Å². The largest absolute Gasteiger partial charge is 0.546 e. The van der Waals surface area contributed by atoms with Crippen molar-refractivity contribution in [3.8, 4) is 16.9 Å². The molecule has 96 valence electrons. The van der Waals surface area contributed by atoms with Crippen molar-refractivity contribution in [1.82, 2.24) is 0 Å². The second-order valence-electron chi connectivity index (χ2n) is 3.90. The summed E-state index contributed by atoms with van der Waals surface area (Å²) in [5.41, 5.74) is 2.11. The molecule has 19 heavy (non-hydrogen) atoms. The van der Waals surface area contributed by atoms with Gasteiger partial charge in [-0.3, -0.25) is 4.79 Å². The zero-order valence-electron chi connectivity index (χ0n) is 10.0. The van der Waals surface area contributed by atoms with Crippen LogP contribution in [0.25, 0.3) is 11.1 Å². The number of hydrogen-bond acceptors (Lipinski definition) is 4. The van der Waals surface area contributed by atoms with Gasteiger partial charge < -0.3 is 14.6 Å². The van der Waals surface area contributed by atoms with Crippen molar-refractivity contribution in [3.05, 3.63) is 54.1 Å². The number of ether oxygens (including phenoxy) is 1. The zero-order valence-corrected chi connectivity index (χ0v) is 10.0. The number of carboxylic acid groups (broad SMARTS) is 1. The minimum atomic E-state index is -1.33. The molecular weight excluding hydrogens is 244 g/mol. The molecule has 2 aromatic rings. The van der Waals surface area contributed by atoms with Gasteiger partial charge in [0, 0.05) is 0 Å². The van der Waals surface area contributed by atoms with Crippen LogP contribution in [-0.4, -0.2) is 18.9 Å². The molecule has 0 heterocycles. The molecule has 0 atom stereocenters. The predicted octanol–water partition coefficient (Wildman–Crippen LogP) is 1.29. The molecule has 0 amide bonds. The van der Waals surface area contributed by atoms with Gasteiger partial charge in [0.05, 0.1) is 11.5 Å². The summed E-state index contributed by atoms with van der Waals surface area (Å²) in [5, 5.41) is 10.4. The number of carbonyl (C=O) groups excluding carboxylic acids is 2. The van der Waals surface area contributed by atoms with E-state index in [9.17, 15) is 14.7 Å². The van der Waals surface area contributed by atoms with Crippen LogP contribution in [0.2, 0.25) is 0 Å². The Balaban J connectivity index is 2.35. The Morgan fingerprint density at radius 3 is 2.47 bits per heavy atom. The summed E-state index contributed by atoms with van der Waals surface area (Å²) < 4.78 is 5.06. The highest BCUT2D eigenvalue weighted by molar-refractivity contribution is 5.82. The van der Waals surface area contributed by atoms with Crippen LogP contribution in [0.3, 0.4) is 0 Å². The molecule has 0 bridgehead atoms. The average molecular weight is 255 g/mol. The van der Waals surface area contributed by atoms with Gasteiger partial charge >= 0.3 is 0 Å². The van der Waals surface area contributed by atoms with E-state index in [2.05, 4.69) is 0 Å². The molecular formula is C15H11O4-. The highest BCUT2D eigenvalue weighted by Crippen LogP contribution is 2.26. The van der Waals surface area contributed by atoms with Gasteiger partial charge in [-0.25, -0.2) is 0 Å². The van der Waals surface area contributed by atoms with Gasteiger partial charge in [-0.15, -0.1) is 0 Å². The first-order valence-electron chi connectivity index (χ1n) is 5.68. The standard InChI is InChI=1S/C15H12O4/c16-9-13-7-6-12(11-4-2-1-3-5-11)8-14(13)19-10-15(17)18/h1-9H,10H2,(H,17,18)/p-1. The Morgan fingerprint density at radius 2 is 1.84 bits per heavy atom. The molecule has 0 spiro atoms. The molecule has 2 aromatic carbocycles. The van der Waals surface area contributed by atoms with Crippen molar-refractivity contribution in [2.24, 2.45) is 0 Å². The summed E-state index contributed by atoms with van der Waals surface area (Å²) in [6.07, 6.45) is 0.624. The number of carboxylic acids is 1.